The van der Waals surface area contributed by atoms with Crippen LogP contribution in [0.15, 0.2) is 82.9 Å². The van der Waals surface area contributed by atoms with Gasteiger partial charge in [0.05, 0.1) is 18.9 Å². The van der Waals surface area contributed by atoms with Gasteiger partial charge in [-0.3, -0.25) is 9.59 Å². The molecule has 10 heteroatoms. The molecule has 0 saturated carbocycles. The highest BCUT2D eigenvalue weighted by Crippen LogP contribution is 2.39. The topological polar surface area (TPSA) is 83.4 Å². The largest absolute Gasteiger partial charge is 0.497 e. The number of rotatable bonds is 6. The lowest BCUT2D eigenvalue weighted by molar-refractivity contribution is -0.121. The molecule has 0 bridgehead atoms. The van der Waals surface area contributed by atoms with Crippen LogP contribution in [0.4, 0.5) is 10.1 Å². The van der Waals surface area contributed by atoms with E-state index in [1.807, 2.05) is 24.3 Å². The lowest BCUT2D eigenvalue weighted by Gasteiger charge is -2.23. The van der Waals surface area contributed by atoms with Gasteiger partial charge in [-0.05, 0) is 54.1 Å². The summed E-state index contributed by atoms with van der Waals surface area (Å²) in [5, 5.41) is 9.21. The average Bonchev–Trinajstić information content (AvgIpc) is 3.48. The fourth-order valence-electron chi connectivity index (χ4n) is 4.18. The number of hydrazone groups is 1. The molecule has 2 atom stereocenters. The third kappa shape index (κ3) is 5.52. The predicted molar refractivity (Wildman–Crippen MR) is 144 cm³/mol. The van der Waals surface area contributed by atoms with E-state index in [9.17, 15) is 14.0 Å². The van der Waals surface area contributed by atoms with Crippen LogP contribution in [-0.2, 0) is 9.59 Å². The number of carbonyl (C=O) groups is 2. The van der Waals surface area contributed by atoms with E-state index in [1.54, 1.807) is 54.6 Å². The quantitative estimate of drug-likeness (QED) is 0.439. The SMILES string of the molecule is COc1ccc(C2=NN(C3=NC(=O)C(CC(=O)Nc4cccc(Cl)c4)S3)C(c3ccccc3F)C2)cc1. The van der Waals surface area contributed by atoms with Crippen LogP contribution in [0.1, 0.15) is 30.0 Å². The lowest BCUT2D eigenvalue weighted by atomic mass is 9.98. The minimum atomic E-state index is -0.712. The standard InChI is InChI=1S/C27H22ClFN4O3S/c1-36-19-11-9-16(10-12-19)22-14-23(20-7-2-3-8-21(20)29)33(32-22)27-31-26(35)24(37-27)15-25(34)30-18-6-4-5-17(28)13-18/h2-13,23-24H,14-15H2,1H3,(H,30,34). The van der Waals surface area contributed by atoms with E-state index in [4.69, 9.17) is 21.4 Å². The smallest absolute Gasteiger partial charge is 0.262 e. The molecule has 2 amide bonds. The average molecular weight is 537 g/mol. The first-order valence-electron chi connectivity index (χ1n) is 11.5. The molecule has 0 saturated heterocycles. The number of halogens is 2. The van der Waals surface area contributed by atoms with Crippen LogP contribution in [0.25, 0.3) is 0 Å². The van der Waals surface area contributed by atoms with E-state index in [0.29, 0.717) is 33.6 Å². The van der Waals surface area contributed by atoms with Crippen molar-refractivity contribution in [3.63, 3.8) is 0 Å². The second-order valence-electron chi connectivity index (χ2n) is 8.46. The first-order chi connectivity index (χ1) is 17.9. The van der Waals surface area contributed by atoms with Crippen molar-refractivity contribution >= 4 is 51.7 Å². The van der Waals surface area contributed by atoms with Gasteiger partial charge in [0.25, 0.3) is 5.91 Å². The van der Waals surface area contributed by atoms with Crippen LogP contribution in [0.5, 0.6) is 5.75 Å². The van der Waals surface area contributed by atoms with Gasteiger partial charge in [0, 0.05) is 29.1 Å². The van der Waals surface area contributed by atoms with Gasteiger partial charge in [0.15, 0.2) is 5.17 Å². The number of hydrogen-bond donors (Lipinski definition) is 1. The molecule has 1 N–H and O–H groups in total. The zero-order valence-electron chi connectivity index (χ0n) is 19.7. The first kappa shape index (κ1) is 25.0. The molecule has 0 spiro atoms. The minimum absolute atomic E-state index is 0.0731. The molecule has 188 valence electrons. The molecule has 3 aromatic carbocycles. The summed E-state index contributed by atoms with van der Waals surface area (Å²) in [5.41, 5.74) is 2.58. The Hall–Kier alpha value is -3.69. The maximum Gasteiger partial charge on any atom is 0.262 e. The molecule has 0 aliphatic carbocycles. The van der Waals surface area contributed by atoms with E-state index in [2.05, 4.69) is 10.3 Å². The molecule has 2 heterocycles. The monoisotopic (exact) mass is 536 g/mol. The lowest BCUT2D eigenvalue weighted by Crippen LogP contribution is -2.25. The molecular formula is C27H22ClFN4O3S. The Morgan fingerprint density at radius 3 is 2.68 bits per heavy atom. The van der Waals surface area contributed by atoms with Gasteiger partial charge >= 0.3 is 0 Å². The van der Waals surface area contributed by atoms with E-state index in [0.717, 1.165) is 23.0 Å². The number of amidine groups is 1. The van der Waals surface area contributed by atoms with Crippen molar-refractivity contribution in [3.8, 4) is 5.75 Å². The van der Waals surface area contributed by atoms with Crippen molar-refractivity contribution < 1.29 is 18.7 Å². The number of thioether (sulfide) groups is 1. The summed E-state index contributed by atoms with van der Waals surface area (Å²) in [4.78, 5) is 29.5. The Morgan fingerprint density at radius 1 is 1.16 bits per heavy atom. The Labute approximate surface area is 222 Å². The zero-order valence-corrected chi connectivity index (χ0v) is 21.3. The van der Waals surface area contributed by atoms with Gasteiger partial charge in [0.1, 0.15) is 16.8 Å². The molecular weight excluding hydrogens is 515 g/mol. The number of ether oxygens (including phenoxy) is 1. The van der Waals surface area contributed by atoms with Crippen LogP contribution in [0, 0.1) is 5.82 Å². The molecule has 37 heavy (non-hydrogen) atoms. The van der Waals surface area contributed by atoms with E-state index in [-0.39, 0.29) is 18.1 Å². The van der Waals surface area contributed by atoms with Crippen molar-refractivity contribution in [1.29, 1.82) is 0 Å². The molecule has 2 aliphatic rings. The zero-order chi connectivity index (χ0) is 25.9. The number of hydrogen-bond acceptors (Lipinski definition) is 6. The van der Waals surface area contributed by atoms with Gasteiger partial charge in [-0.15, -0.1) is 0 Å². The Bertz CT molecular complexity index is 1410. The van der Waals surface area contributed by atoms with E-state index < -0.39 is 17.2 Å². The third-order valence-electron chi connectivity index (χ3n) is 6.00. The Morgan fingerprint density at radius 2 is 1.95 bits per heavy atom. The number of aliphatic imine (C=N–C) groups is 1. The summed E-state index contributed by atoms with van der Waals surface area (Å²) in [6.45, 7) is 0. The molecule has 5 rings (SSSR count). The van der Waals surface area contributed by atoms with Gasteiger partial charge in [-0.2, -0.15) is 10.1 Å². The molecule has 2 unspecified atom stereocenters. The summed E-state index contributed by atoms with van der Waals surface area (Å²) in [5.74, 6) is -0.415. The molecule has 0 fully saturated rings. The highest BCUT2D eigenvalue weighted by atomic mass is 35.5. The molecule has 7 nitrogen and oxygen atoms in total. The normalized spacial score (nSPS) is 19.0. The fraction of sp³-hybridized carbons (Fsp3) is 0.185. The van der Waals surface area contributed by atoms with Crippen molar-refractivity contribution in [3.05, 3.63) is 94.8 Å². The molecule has 2 aliphatic heterocycles. The minimum Gasteiger partial charge on any atom is -0.497 e. The van der Waals surface area contributed by atoms with Crippen molar-refractivity contribution in [2.45, 2.75) is 24.1 Å². The number of nitrogens with one attached hydrogen (secondary N) is 1. The molecule has 0 radical (unpaired) electrons. The first-order valence-corrected chi connectivity index (χ1v) is 12.8. The van der Waals surface area contributed by atoms with E-state index >= 15 is 0 Å². The summed E-state index contributed by atoms with van der Waals surface area (Å²) in [6, 6.07) is 20.2. The Kier molecular flexibility index (Phi) is 7.25. The number of carbonyl (C=O) groups excluding carboxylic acids is 2. The van der Waals surface area contributed by atoms with Crippen LogP contribution >= 0.6 is 23.4 Å². The summed E-state index contributed by atoms with van der Waals surface area (Å²) >= 11 is 7.14. The van der Waals surface area contributed by atoms with Gasteiger partial charge < -0.3 is 10.1 Å². The van der Waals surface area contributed by atoms with E-state index in [1.165, 1.54) is 6.07 Å². The summed E-state index contributed by atoms with van der Waals surface area (Å²) in [6.07, 6.45) is 0.344. The fourth-order valence-corrected chi connectivity index (χ4v) is 5.44. The van der Waals surface area contributed by atoms with Gasteiger partial charge in [0.2, 0.25) is 5.91 Å². The highest BCUT2D eigenvalue weighted by Gasteiger charge is 2.39. The van der Waals surface area contributed by atoms with Gasteiger partial charge in [-0.25, -0.2) is 9.40 Å². The maximum atomic E-state index is 14.8. The molecule has 3 aromatic rings. The number of benzene rings is 3. The van der Waals surface area contributed by atoms with Crippen LogP contribution in [0.3, 0.4) is 0 Å². The second-order valence-corrected chi connectivity index (χ2v) is 10.1. The highest BCUT2D eigenvalue weighted by molar-refractivity contribution is 8.15. The second kappa shape index (κ2) is 10.7. The van der Waals surface area contributed by atoms with Crippen molar-refractivity contribution in [2.75, 3.05) is 12.4 Å². The van der Waals surface area contributed by atoms with Crippen LogP contribution < -0.4 is 10.1 Å². The van der Waals surface area contributed by atoms with Crippen LogP contribution in [-0.4, -0.2) is 40.1 Å². The predicted octanol–water partition coefficient (Wildman–Crippen LogP) is 5.67. The van der Waals surface area contributed by atoms with Crippen molar-refractivity contribution in [2.24, 2.45) is 10.1 Å². The maximum absolute atomic E-state index is 14.8. The van der Waals surface area contributed by atoms with Crippen molar-refractivity contribution in [1.82, 2.24) is 5.01 Å². The van der Waals surface area contributed by atoms with Gasteiger partial charge in [-0.1, -0.05) is 47.6 Å². The third-order valence-corrected chi connectivity index (χ3v) is 7.38. The molecule has 0 aromatic heterocycles. The number of nitrogens with zero attached hydrogens (tertiary/aromatic N) is 3. The Balaban J connectivity index is 1.36. The number of amides is 2. The number of anilines is 1. The summed E-state index contributed by atoms with van der Waals surface area (Å²) in [7, 11) is 1.59. The van der Waals surface area contributed by atoms with Crippen LogP contribution in [0.2, 0.25) is 5.02 Å². The number of methoxy groups -OCH3 is 1. The summed E-state index contributed by atoms with van der Waals surface area (Å²) < 4.78 is 20.1.